The second-order valence-electron chi connectivity index (χ2n) is 9.97. The van der Waals surface area contributed by atoms with Crippen LogP contribution in [0.15, 0.2) is 0 Å². The van der Waals surface area contributed by atoms with E-state index in [-0.39, 0.29) is 0 Å². The summed E-state index contributed by atoms with van der Waals surface area (Å²) in [4.78, 5) is 15.1. The summed E-state index contributed by atoms with van der Waals surface area (Å²) < 4.78 is 0. The van der Waals surface area contributed by atoms with Crippen LogP contribution in [0.3, 0.4) is 0 Å². The summed E-state index contributed by atoms with van der Waals surface area (Å²) >= 11 is 0. The molecule has 0 saturated heterocycles. The molecule has 0 aliphatic heterocycles. The Morgan fingerprint density at radius 1 is 0.576 bits per heavy atom. The number of amides is 1. The van der Waals surface area contributed by atoms with Gasteiger partial charge < -0.3 is 15.3 Å². The summed E-state index contributed by atoms with van der Waals surface area (Å²) in [7, 11) is 0. The number of unbranched alkanes of at least 4 members (excludes halogenated alkanes) is 16. The molecule has 4 nitrogen and oxygen atoms in total. The van der Waals surface area contributed by atoms with E-state index in [0.717, 1.165) is 58.3 Å². The van der Waals surface area contributed by atoms with Crippen LogP contribution in [-0.2, 0) is 4.79 Å². The average molecular weight is 469 g/mol. The second-order valence-corrected chi connectivity index (χ2v) is 9.97. The molecule has 0 rings (SSSR count). The van der Waals surface area contributed by atoms with Gasteiger partial charge in [-0.15, -0.1) is 0 Å². The van der Waals surface area contributed by atoms with E-state index in [1.165, 1.54) is 103 Å². The van der Waals surface area contributed by atoms with E-state index in [4.69, 9.17) is 5.11 Å². The van der Waals surface area contributed by atoms with Gasteiger partial charge in [-0.25, -0.2) is 0 Å². The standard InChI is InChI=1S/C29H60N2O2/c1-3-5-7-9-14-20-26-31(27-21-15-10-8-6-4-2)29(33)23-17-12-11-13-18-24-30-25-19-16-22-28-32/h30,32H,3-28H2,1-2H3. The van der Waals surface area contributed by atoms with E-state index in [2.05, 4.69) is 24.1 Å². The van der Waals surface area contributed by atoms with Crippen molar-refractivity contribution >= 4 is 5.91 Å². The van der Waals surface area contributed by atoms with Crippen molar-refractivity contribution in [2.24, 2.45) is 0 Å². The van der Waals surface area contributed by atoms with Crippen LogP contribution in [0.4, 0.5) is 0 Å². The molecular formula is C29H60N2O2. The molecule has 0 aromatic heterocycles. The Morgan fingerprint density at radius 2 is 1.00 bits per heavy atom. The van der Waals surface area contributed by atoms with Crippen LogP contribution in [0.2, 0.25) is 0 Å². The molecule has 0 bridgehead atoms. The van der Waals surface area contributed by atoms with Gasteiger partial charge in [0, 0.05) is 26.1 Å². The Balaban J connectivity index is 3.89. The van der Waals surface area contributed by atoms with E-state index < -0.39 is 0 Å². The first kappa shape index (κ1) is 32.4. The molecule has 0 fully saturated rings. The molecule has 0 atom stereocenters. The van der Waals surface area contributed by atoms with Gasteiger partial charge in [-0.05, 0) is 58.0 Å². The van der Waals surface area contributed by atoms with Crippen LogP contribution in [0, 0.1) is 0 Å². The van der Waals surface area contributed by atoms with Crippen molar-refractivity contribution in [1.29, 1.82) is 0 Å². The molecular weight excluding hydrogens is 408 g/mol. The van der Waals surface area contributed by atoms with Gasteiger partial charge in [-0.3, -0.25) is 4.79 Å². The van der Waals surface area contributed by atoms with Gasteiger partial charge in [0.05, 0.1) is 0 Å². The fourth-order valence-electron chi connectivity index (χ4n) is 4.41. The summed E-state index contributed by atoms with van der Waals surface area (Å²) in [6.45, 7) is 8.97. The van der Waals surface area contributed by atoms with Gasteiger partial charge in [0.1, 0.15) is 0 Å². The highest BCUT2D eigenvalue weighted by Gasteiger charge is 2.12. The molecule has 4 heteroatoms. The first-order chi connectivity index (χ1) is 16.3. The molecule has 0 heterocycles. The quantitative estimate of drug-likeness (QED) is 0.122. The third-order valence-electron chi connectivity index (χ3n) is 6.67. The van der Waals surface area contributed by atoms with Crippen molar-refractivity contribution in [3.05, 3.63) is 0 Å². The molecule has 0 aliphatic rings. The maximum Gasteiger partial charge on any atom is 0.222 e. The summed E-state index contributed by atoms with van der Waals surface area (Å²) in [5, 5.41) is 12.3. The molecule has 0 aliphatic carbocycles. The normalized spacial score (nSPS) is 11.2. The van der Waals surface area contributed by atoms with Gasteiger partial charge in [-0.2, -0.15) is 0 Å². The number of rotatable bonds is 27. The zero-order valence-corrected chi connectivity index (χ0v) is 22.7. The van der Waals surface area contributed by atoms with E-state index in [9.17, 15) is 4.79 Å². The maximum absolute atomic E-state index is 12.9. The smallest absolute Gasteiger partial charge is 0.222 e. The number of carbonyl (C=O) groups is 1. The molecule has 0 unspecified atom stereocenters. The summed E-state index contributed by atoms with van der Waals surface area (Å²) in [5.74, 6) is 0.404. The average Bonchev–Trinajstić information content (AvgIpc) is 2.82. The molecule has 33 heavy (non-hydrogen) atoms. The predicted molar refractivity (Wildman–Crippen MR) is 145 cm³/mol. The number of hydrogen-bond acceptors (Lipinski definition) is 3. The van der Waals surface area contributed by atoms with Crippen molar-refractivity contribution < 1.29 is 9.90 Å². The van der Waals surface area contributed by atoms with Crippen molar-refractivity contribution in [1.82, 2.24) is 10.2 Å². The van der Waals surface area contributed by atoms with Crippen LogP contribution in [-0.4, -0.2) is 48.7 Å². The molecule has 198 valence electrons. The van der Waals surface area contributed by atoms with Gasteiger partial charge in [0.15, 0.2) is 0 Å². The highest BCUT2D eigenvalue weighted by atomic mass is 16.2. The number of hydrogen-bond donors (Lipinski definition) is 2. The second kappa shape index (κ2) is 27.6. The molecule has 0 saturated carbocycles. The Hall–Kier alpha value is -0.610. The van der Waals surface area contributed by atoms with Crippen LogP contribution in [0.25, 0.3) is 0 Å². The van der Waals surface area contributed by atoms with Crippen molar-refractivity contribution in [3.63, 3.8) is 0 Å². The molecule has 0 spiro atoms. The van der Waals surface area contributed by atoms with Crippen LogP contribution in [0.1, 0.15) is 149 Å². The molecule has 1 amide bonds. The van der Waals surface area contributed by atoms with E-state index in [1.807, 2.05) is 0 Å². The molecule has 0 aromatic carbocycles. The summed E-state index contributed by atoms with van der Waals surface area (Å²) in [6, 6.07) is 0. The molecule has 0 radical (unpaired) electrons. The lowest BCUT2D eigenvalue weighted by atomic mass is 10.1. The minimum atomic E-state index is 0.318. The lowest BCUT2D eigenvalue weighted by Crippen LogP contribution is -2.32. The zero-order chi connectivity index (χ0) is 24.2. The van der Waals surface area contributed by atoms with Gasteiger partial charge in [0.2, 0.25) is 5.91 Å². The third kappa shape index (κ3) is 24.3. The first-order valence-electron chi connectivity index (χ1n) is 14.9. The number of nitrogens with zero attached hydrogens (tertiary/aromatic N) is 1. The number of aliphatic hydroxyl groups excluding tert-OH is 1. The first-order valence-corrected chi connectivity index (χ1v) is 14.9. The molecule has 0 aromatic rings. The molecule has 2 N–H and O–H groups in total. The van der Waals surface area contributed by atoms with E-state index in [0.29, 0.717) is 12.5 Å². The van der Waals surface area contributed by atoms with Crippen LogP contribution in [0.5, 0.6) is 0 Å². The Kier molecular flexibility index (Phi) is 27.1. The zero-order valence-electron chi connectivity index (χ0n) is 22.7. The Bertz CT molecular complexity index is 374. The third-order valence-corrected chi connectivity index (χ3v) is 6.67. The predicted octanol–water partition coefficient (Wildman–Crippen LogP) is 7.63. The minimum Gasteiger partial charge on any atom is -0.396 e. The minimum absolute atomic E-state index is 0.318. The Labute approximate surface area is 207 Å². The maximum atomic E-state index is 12.9. The summed E-state index contributed by atoms with van der Waals surface area (Å²) in [6.07, 6.45) is 25.5. The fourth-order valence-corrected chi connectivity index (χ4v) is 4.41. The van der Waals surface area contributed by atoms with Crippen LogP contribution >= 0.6 is 0 Å². The highest BCUT2D eigenvalue weighted by Crippen LogP contribution is 2.12. The lowest BCUT2D eigenvalue weighted by molar-refractivity contribution is -0.131. The van der Waals surface area contributed by atoms with E-state index >= 15 is 0 Å². The van der Waals surface area contributed by atoms with Crippen molar-refractivity contribution in [2.45, 2.75) is 149 Å². The number of carbonyl (C=O) groups excluding carboxylic acids is 1. The van der Waals surface area contributed by atoms with Crippen molar-refractivity contribution in [2.75, 3.05) is 32.8 Å². The van der Waals surface area contributed by atoms with Gasteiger partial charge in [-0.1, -0.05) is 97.3 Å². The Morgan fingerprint density at radius 3 is 1.52 bits per heavy atom. The summed E-state index contributed by atoms with van der Waals surface area (Å²) in [5.41, 5.74) is 0. The highest BCUT2D eigenvalue weighted by molar-refractivity contribution is 5.76. The topological polar surface area (TPSA) is 52.6 Å². The number of aliphatic hydroxyl groups is 1. The van der Waals surface area contributed by atoms with E-state index in [1.54, 1.807) is 0 Å². The van der Waals surface area contributed by atoms with Gasteiger partial charge >= 0.3 is 0 Å². The number of nitrogens with one attached hydrogen (secondary N) is 1. The SMILES string of the molecule is CCCCCCCCN(CCCCCCCC)C(=O)CCCCCCCNCCCCCO. The van der Waals surface area contributed by atoms with Crippen LogP contribution < -0.4 is 5.32 Å². The lowest BCUT2D eigenvalue weighted by Gasteiger charge is -2.23. The monoisotopic (exact) mass is 468 g/mol. The van der Waals surface area contributed by atoms with Gasteiger partial charge in [0.25, 0.3) is 0 Å². The van der Waals surface area contributed by atoms with Crippen molar-refractivity contribution in [3.8, 4) is 0 Å². The largest absolute Gasteiger partial charge is 0.396 e. The fraction of sp³-hybridized carbons (Fsp3) is 0.966.